The molecule has 10 nitrogen and oxygen atoms in total. The number of ether oxygens (including phenoxy) is 3. The molecule has 0 aliphatic carbocycles. The molecule has 0 saturated carbocycles. The molecular weight excluding hydrogens is 543 g/mol. The highest BCUT2D eigenvalue weighted by Crippen LogP contribution is 2.26. The quantitative estimate of drug-likeness (QED) is 0.251. The number of nitrogens with zero attached hydrogens (tertiary/aromatic N) is 5. The minimum absolute atomic E-state index is 0.0415. The molecule has 0 aliphatic rings. The lowest BCUT2D eigenvalue weighted by Gasteiger charge is -2.12. The highest BCUT2D eigenvalue weighted by molar-refractivity contribution is 6.30. The van der Waals surface area contributed by atoms with E-state index in [-0.39, 0.29) is 49.2 Å². The number of hydrogen-bond acceptors (Lipinski definition) is 7. The number of fused-ring (bicyclic) bond motifs is 1. The summed E-state index contributed by atoms with van der Waals surface area (Å²) in [5.74, 6) is -0.279. The minimum Gasteiger partial charge on any atom is -0.490 e. The Morgan fingerprint density at radius 3 is 2.46 bits per heavy atom. The van der Waals surface area contributed by atoms with Gasteiger partial charge in [-0.15, -0.1) is 13.2 Å². The molecule has 0 amide bonds. The van der Waals surface area contributed by atoms with Crippen LogP contribution in [0.15, 0.2) is 52.2 Å². The molecule has 39 heavy (non-hydrogen) atoms. The largest absolute Gasteiger partial charge is 0.573 e. The van der Waals surface area contributed by atoms with Gasteiger partial charge in [-0.1, -0.05) is 31.0 Å². The van der Waals surface area contributed by atoms with Crippen molar-refractivity contribution in [2.45, 2.75) is 39.2 Å². The first-order chi connectivity index (χ1) is 18.6. The van der Waals surface area contributed by atoms with Crippen LogP contribution in [0.1, 0.15) is 25.5 Å². The molecule has 4 rings (SSSR count). The van der Waals surface area contributed by atoms with E-state index < -0.39 is 23.4 Å². The Kier molecular flexibility index (Phi) is 8.48. The van der Waals surface area contributed by atoms with E-state index in [9.17, 15) is 22.8 Å². The molecule has 0 spiro atoms. The summed E-state index contributed by atoms with van der Waals surface area (Å²) in [7, 11) is 1.52. The Morgan fingerprint density at radius 1 is 1.03 bits per heavy atom. The fourth-order valence-corrected chi connectivity index (χ4v) is 3.95. The lowest BCUT2D eigenvalue weighted by Crippen LogP contribution is -2.39. The van der Waals surface area contributed by atoms with E-state index in [2.05, 4.69) is 14.7 Å². The van der Waals surface area contributed by atoms with E-state index in [1.807, 2.05) is 6.92 Å². The summed E-state index contributed by atoms with van der Waals surface area (Å²) in [6.07, 6.45) is -1.92. The Labute approximate surface area is 225 Å². The molecule has 0 fully saturated rings. The Bertz CT molecular complexity index is 1560. The van der Waals surface area contributed by atoms with Gasteiger partial charge in [0, 0.05) is 25.9 Å². The molecule has 0 atom stereocenters. The van der Waals surface area contributed by atoms with Crippen molar-refractivity contribution < 1.29 is 27.4 Å². The Hall–Kier alpha value is -4.00. The van der Waals surface area contributed by atoms with Crippen LogP contribution in [0.3, 0.4) is 0 Å². The summed E-state index contributed by atoms with van der Waals surface area (Å²) in [5.41, 5.74) is -0.131. The van der Waals surface area contributed by atoms with Gasteiger partial charge in [0.2, 0.25) is 0 Å². The second-order valence-electron chi connectivity index (χ2n) is 8.49. The maximum absolute atomic E-state index is 13.4. The van der Waals surface area contributed by atoms with Crippen molar-refractivity contribution in [3.05, 3.63) is 74.1 Å². The average Bonchev–Trinajstić information content (AvgIpc) is 3.24. The van der Waals surface area contributed by atoms with Crippen molar-refractivity contribution in [3.63, 3.8) is 0 Å². The predicted molar refractivity (Wildman–Crippen MR) is 137 cm³/mol. The van der Waals surface area contributed by atoms with Crippen molar-refractivity contribution in [2.24, 2.45) is 7.05 Å². The van der Waals surface area contributed by atoms with Crippen LogP contribution < -0.4 is 25.5 Å². The molecule has 14 heteroatoms. The van der Waals surface area contributed by atoms with Crippen LogP contribution in [0, 0.1) is 0 Å². The zero-order valence-electron chi connectivity index (χ0n) is 21.1. The van der Waals surface area contributed by atoms with Crippen molar-refractivity contribution in [1.29, 1.82) is 0 Å². The number of pyridine rings is 1. The van der Waals surface area contributed by atoms with Crippen molar-refractivity contribution in [3.8, 4) is 17.5 Å². The fraction of sp³-hybridized carbons (Fsp3) is 0.360. The van der Waals surface area contributed by atoms with Crippen LogP contribution in [-0.4, -0.2) is 43.2 Å². The molecule has 0 N–H and O–H groups in total. The molecule has 4 aromatic rings. The lowest BCUT2D eigenvalue weighted by molar-refractivity contribution is -0.274. The molecule has 0 aliphatic heterocycles. The first kappa shape index (κ1) is 28.0. The van der Waals surface area contributed by atoms with Gasteiger partial charge in [0.15, 0.2) is 11.2 Å². The molecular formula is C25H25ClF3N5O5. The smallest absolute Gasteiger partial charge is 0.490 e. The third-order valence-electron chi connectivity index (χ3n) is 5.66. The average molecular weight is 568 g/mol. The number of benzene rings is 1. The summed E-state index contributed by atoms with van der Waals surface area (Å²) >= 11 is 5.95. The molecule has 1 aromatic carbocycles. The maximum Gasteiger partial charge on any atom is 0.573 e. The highest BCUT2D eigenvalue weighted by Gasteiger charge is 2.31. The molecule has 0 radical (unpaired) electrons. The van der Waals surface area contributed by atoms with Crippen LogP contribution in [-0.2, 0) is 20.1 Å². The number of alkyl halides is 3. The molecule has 0 unspecified atom stereocenters. The monoisotopic (exact) mass is 567 g/mol. The lowest BCUT2D eigenvalue weighted by atomic mass is 10.3. The van der Waals surface area contributed by atoms with Crippen LogP contribution in [0.2, 0.25) is 5.02 Å². The standard InChI is InChI=1S/C25H25ClF3N5O5/c1-3-4-10-33-22(35)20-21(32(2)24(33)36)31-23(34(20)15-17-9-8-16(26)14-30-17)38-12-11-37-18-6-5-7-19(13-18)39-25(27,28)29/h5-9,13-14H,3-4,10-12,15H2,1-2H3. The van der Waals surface area contributed by atoms with Crippen LogP contribution >= 0.6 is 11.6 Å². The first-order valence-electron chi connectivity index (χ1n) is 12.0. The SMILES string of the molecule is CCCCn1c(=O)c2c(nc(OCCOc3cccc(OC(F)(F)F)c3)n2Cc2ccc(Cl)cn2)n(C)c1=O. The fourth-order valence-electron chi connectivity index (χ4n) is 3.84. The van der Waals surface area contributed by atoms with E-state index in [0.717, 1.165) is 18.6 Å². The van der Waals surface area contributed by atoms with Crippen molar-refractivity contribution in [2.75, 3.05) is 13.2 Å². The number of halogens is 4. The summed E-state index contributed by atoms with van der Waals surface area (Å²) in [4.78, 5) is 35.0. The third kappa shape index (κ3) is 6.72. The molecule has 0 saturated heterocycles. The molecule has 208 valence electrons. The summed E-state index contributed by atoms with van der Waals surface area (Å²) in [5, 5.41) is 0.442. The maximum atomic E-state index is 13.4. The van der Waals surface area contributed by atoms with Gasteiger partial charge in [-0.05, 0) is 30.7 Å². The molecule has 3 aromatic heterocycles. The van der Waals surface area contributed by atoms with Gasteiger partial charge in [-0.25, -0.2) is 4.79 Å². The number of unbranched alkanes of at least 4 members (excludes halogenated alkanes) is 1. The second-order valence-corrected chi connectivity index (χ2v) is 8.93. The van der Waals surface area contributed by atoms with E-state index in [1.165, 1.54) is 39.1 Å². The molecule has 0 bridgehead atoms. The van der Waals surface area contributed by atoms with Gasteiger partial charge in [0.25, 0.3) is 11.6 Å². The number of imidazole rings is 1. The zero-order valence-corrected chi connectivity index (χ0v) is 21.8. The van der Waals surface area contributed by atoms with Gasteiger partial charge in [-0.2, -0.15) is 4.98 Å². The predicted octanol–water partition coefficient (Wildman–Crippen LogP) is 4.15. The first-order valence-corrected chi connectivity index (χ1v) is 12.4. The number of rotatable bonds is 11. The number of hydrogen-bond donors (Lipinski definition) is 0. The van der Waals surface area contributed by atoms with Crippen LogP contribution in [0.5, 0.6) is 17.5 Å². The topological polar surface area (TPSA) is 102 Å². The summed E-state index contributed by atoms with van der Waals surface area (Å²) in [6.45, 7) is 2.18. The van der Waals surface area contributed by atoms with E-state index in [1.54, 1.807) is 12.1 Å². The summed E-state index contributed by atoms with van der Waals surface area (Å²) < 4.78 is 56.7. The van der Waals surface area contributed by atoms with Gasteiger partial charge < -0.3 is 14.2 Å². The van der Waals surface area contributed by atoms with Gasteiger partial charge >= 0.3 is 12.1 Å². The number of aryl methyl sites for hydroxylation is 1. The van der Waals surface area contributed by atoms with Crippen LogP contribution in [0.4, 0.5) is 13.2 Å². The Morgan fingerprint density at radius 2 is 1.77 bits per heavy atom. The normalized spacial score (nSPS) is 11.6. The molecule has 3 heterocycles. The van der Waals surface area contributed by atoms with Crippen LogP contribution in [0.25, 0.3) is 11.2 Å². The van der Waals surface area contributed by atoms with Crippen molar-refractivity contribution in [1.82, 2.24) is 23.7 Å². The second kappa shape index (κ2) is 11.8. The van der Waals surface area contributed by atoms with Gasteiger partial charge in [0.1, 0.15) is 24.7 Å². The minimum atomic E-state index is -4.82. The van der Waals surface area contributed by atoms with Crippen molar-refractivity contribution >= 4 is 22.8 Å². The van der Waals surface area contributed by atoms with E-state index in [0.29, 0.717) is 17.1 Å². The highest BCUT2D eigenvalue weighted by atomic mass is 35.5. The number of aromatic nitrogens is 5. The van der Waals surface area contributed by atoms with Gasteiger partial charge in [-0.3, -0.25) is 23.5 Å². The van der Waals surface area contributed by atoms with E-state index in [4.69, 9.17) is 21.1 Å². The zero-order chi connectivity index (χ0) is 28.2. The third-order valence-corrected chi connectivity index (χ3v) is 5.89. The van der Waals surface area contributed by atoms with Gasteiger partial charge in [0.05, 0.1) is 17.3 Å². The summed E-state index contributed by atoms with van der Waals surface area (Å²) in [6, 6.07) is 8.47. The Balaban J connectivity index is 1.61. The van der Waals surface area contributed by atoms with E-state index >= 15 is 0 Å².